The summed E-state index contributed by atoms with van der Waals surface area (Å²) in [4.78, 5) is 32.5. The minimum atomic E-state index is -0.980. The second-order valence-corrected chi connectivity index (χ2v) is 7.30. The minimum Gasteiger partial charge on any atom is -0.465 e. The number of hydrogen-bond acceptors (Lipinski definition) is 4. The van der Waals surface area contributed by atoms with Crippen LogP contribution in [0.25, 0.3) is 22.4 Å². The van der Waals surface area contributed by atoms with E-state index in [0.29, 0.717) is 23.4 Å². The van der Waals surface area contributed by atoms with Crippen LogP contribution in [0, 0.1) is 0 Å². The number of amides is 2. The molecule has 8 nitrogen and oxygen atoms in total. The molecule has 1 saturated heterocycles. The lowest BCUT2D eigenvalue weighted by molar-refractivity contribution is 0.100. The maximum Gasteiger partial charge on any atom is 0.404 e. The Labute approximate surface area is 167 Å². The van der Waals surface area contributed by atoms with Gasteiger partial charge in [-0.15, -0.1) is 0 Å². The van der Waals surface area contributed by atoms with Gasteiger partial charge >= 0.3 is 6.09 Å². The molecule has 2 aromatic carbocycles. The van der Waals surface area contributed by atoms with Gasteiger partial charge in [0.15, 0.2) is 0 Å². The standard InChI is InChI=1S/C21H23N5O3/c22-19(27)16-4-1-5-17-18(16)25-20(24-17)14-8-6-13(7-9-14)12-26-10-2-3-15(26)11-23-21(28)29/h1,4-9,15,23H,2-3,10-12H2,(H2,22,27)(H,24,25)(H,28,29). The summed E-state index contributed by atoms with van der Waals surface area (Å²) in [6.07, 6.45) is 1.09. The van der Waals surface area contributed by atoms with E-state index in [1.54, 1.807) is 12.1 Å². The van der Waals surface area contributed by atoms with Gasteiger partial charge in [-0.3, -0.25) is 9.69 Å². The SMILES string of the molecule is NC(=O)c1cccc2[nH]c(-c3ccc(CN4CCCC4CNC(=O)O)cc3)nc12. The smallest absolute Gasteiger partial charge is 0.404 e. The number of carbonyl (C=O) groups excluding carboxylic acids is 1. The van der Waals surface area contributed by atoms with E-state index < -0.39 is 12.0 Å². The summed E-state index contributed by atoms with van der Waals surface area (Å²) in [6, 6.07) is 13.6. The van der Waals surface area contributed by atoms with Crippen molar-refractivity contribution >= 4 is 23.0 Å². The molecule has 0 radical (unpaired) electrons. The van der Waals surface area contributed by atoms with E-state index >= 15 is 0 Å². The average Bonchev–Trinajstić information content (AvgIpc) is 3.33. The number of likely N-dealkylation sites (tertiary alicyclic amines) is 1. The summed E-state index contributed by atoms with van der Waals surface area (Å²) in [7, 11) is 0. The van der Waals surface area contributed by atoms with E-state index in [2.05, 4.69) is 32.3 Å². The summed E-state index contributed by atoms with van der Waals surface area (Å²) in [5.41, 5.74) is 9.26. The molecule has 8 heteroatoms. The number of primary amides is 1. The number of aromatic amines is 1. The van der Waals surface area contributed by atoms with Crippen molar-refractivity contribution in [3.63, 3.8) is 0 Å². The number of carboxylic acid groups (broad SMARTS) is 1. The van der Waals surface area contributed by atoms with Gasteiger partial charge in [-0.05, 0) is 37.1 Å². The van der Waals surface area contributed by atoms with Crippen molar-refractivity contribution in [3.05, 3.63) is 53.6 Å². The fourth-order valence-electron chi connectivity index (χ4n) is 3.91. The number of fused-ring (bicyclic) bond motifs is 1. The van der Waals surface area contributed by atoms with Gasteiger partial charge in [0.25, 0.3) is 5.91 Å². The first-order chi connectivity index (χ1) is 14.0. The lowest BCUT2D eigenvalue weighted by Gasteiger charge is -2.24. The maximum absolute atomic E-state index is 11.6. The molecule has 0 saturated carbocycles. The van der Waals surface area contributed by atoms with Crippen LogP contribution >= 0.6 is 0 Å². The van der Waals surface area contributed by atoms with Crippen LogP contribution in [0.2, 0.25) is 0 Å². The average molecular weight is 393 g/mol. The maximum atomic E-state index is 11.6. The number of nitrogens with two attached hydrogens (primary N) is 1. The van der Waals surface area contributed by atoms with Crippen LogP contribution in [0.4, 0.5) is 4.79 Å². The molecule has 4 rings (SSSR count). The van der Waals surface area contributed by atoms with E-state index in [9.17, 15) is 9.59 Å². The van der Waals surface area contributed by atoms with E-state index in [1.807, 2.05) is 18.2 Å². The molecule has 1 unspecified atom stereocenters. The highest BCUT2D eigenvalue weighted by atomic mass is 16.4. The predicted octanol–water partition coefficient (Wildman–Crippen LogP) is 2.56. The van der Waals surface area contributed by atoms with Crippen molar-refractivity contribution in [2.75, 3.05) is 13.1 Å². The van der Waals surface area contributed by atoms with Crippen LogP contribution in [0.1, 0.15) is 28.8 Å². The molecule has 0 spiro atoms. The molecule has 3 aromatic rings. The number of carbonyl (C=O) groups is 2. The molecular formula is C21H23N5O3. The number of aromatic nitrogens is 2. The zero-order valence-corrected chi connectivity index (χ0v) is 15.9. The van der Waals surface area contributed by atoms with Gasteiger partial charge in [-0.25, -0.2) is 9.78 Å². The zero-order chi connectivity index (χ0) is 20.4. The Bertz CT molecular complexity index is 1040. The second kappa shape index (κ2) is 7.92. The number of H-pyrrole nitrogens is 1. The minimum absolute atomic E-state index is 0.230. The third-order valence-corrected chi connectivity index (χ3v) is 5.38. The van der Waals surface area contributed by atoms with E-state index in [4.69, 9.17) is 10.8 Å². The molecule has 2 heterocycles. The number of hydrogen-bond donors (Lipinski definition) is 4. The first-order valence-corrected chi connectivity index (χ1v) is 9.60. The summed E-state index contributed by atoms with van der Waals surface area (Å²) >= 11 is 0. The highest BCUT2D eigenvalue weighted by molar-refractivity contribution is 6.04. The van der Waals surface area contributed by atoms with E-state index in [0.717, 1.165) is 42.6 Å². The van der Waals surface area contributed by atoms with Crippen LogP contribution in [0.15, 0.2) is 42.5 Å². The first-order valence-electron chi connectivity index (χ1n) is 9.60. The van der Waals surface area contributed by atoms with Crippen LogP contribution in [0.5, 0.6) is 0 Å². The van der Waals surface area contributed by atoms with Gasteiger partial charge < -0.3 is 21.1 Å². The van der Waals surface area contributed by atoms with Crippen molar-refractivity contribution in [3.8, 4) is 11.4 Å². The van der Waals surface area contributed by atoms with Crippen LogP contribution < -0.4 is 11.1 Å². The number of para-hydroxylation sites is 1. The Morgan fingerprint density at radius 3 is 2.76 bits per heavy atom. The van der Waals surface area contributed by atoms with Gasteiger partial charge in [-0.1, -0.05) is 30.3 Å². The molecule has 150 valence electrons. The summed E-state index contributed by atoms with van der Waals surface area (Å²) in [6.45, 7) is 2.19. The molecular weight excluding hydrogens is 370 g/mol. The summed E-state index contributed by atoms with van der Waals surface area (Å²) in [5, 5.41) is 11.3. The number of nitrogens with one attached hydrogen (secondary N) is 2. The summed E-state index contributed by atoms with van der Waals surface area (Å²) < 4.78 is 0. The van der Waals surface area contributed by atoms with Crippen molar-refractivity contribution in [2.45, 2.75) is 25.4 Å². The molecule has 0 aliphatic carbocycles. The molecule has 1 atom stereocenters. The number of benzene rings is 2. The molecule has 2 amide bonds. The fourth-order valence-corrected chi connectivity index (χ4v) is 3.91. The monoisotopic (exact) mass is 393 g/mol. The van der Waals surface area contributed by atoms with Crippen LogP contribution in [0.3, 0.4) is 0 Å². The van der Waals surface area contributed by atoms with Gasteiger partial charge in [-0.2, -0.15) is 0 Å². The van der Waals surface area contributed by atoms with Crippen molar-refractivity contribution in [1.82, 2.24) is 20.2 Å². The molecule has 5 N–H and O–H groups in total. The highest BCUT2D eigenvalue weighted by Crippen LogP contribution is 2.24. The predicted molar refractivity (Wildman–Crippen MR) is 110 cm³/mol. The highest BCUT2D eigenvalue weighted by Gasteiger charge is 2.24. The van der Waals surface area contributed by atoms with Gasteiger partial charge in [0.05, 0.1) is 11.1 Å². The fraction of sp³-hybridized carbons (Fsp3) is 0.286. The quantitative estimate of drug-likeness (QED) is 0.512. The Balaban J connectivity index is 1.49. The lowest BCUT2D eigenvalue weighted by Crippen LogP contribution is -2.39. The Hall–Kier alpha value is -3.39. The molecule has 0 bridgehead atoms. The zero-order valence-electron chi connectivity index (χ0n) is 15.9. The summed E-state index contributed by atoms with van der Waals surface area (Å²) in [5.74, 6) is 0.187. The van der Waals surface area contributed by atoms with Gasteiger partial charge in [0, 0.05) is 24.7 Å². The normalized spacial score (nSPS) is 16.9. The molecule has 1 aromatic heterocycles. The van der Waals surface area contributed by atoms with Crippen molar-refractivity contribution in [1.29, 1.82) is 0 Å². The second-order valence-electron chi connectivity index (χ2n) is 7.30. The molecule has 1 aliphatic rings. The number of nitrogens with zero attached hydrogens (tertiary/aromatic N) is 2. The van der Waals surface area contributed by atoms with Crippen LogP contribution in [-0.4, -0.2) is 51.1 Å². The van der Waals surface area contributed by atoms with E-state index in [-0.39, 0.29) is 6.04 Å². The van der Waals surface area contributed by atoms with Crippen molar-refractivity contribution < 1.29 is 14.7 Å². The van der Waals surface area contributed by atoms with E-state index in [1.165, 1.54) is 0 Å². The third kappa shape index (κ3) is 4.07. The molecule has 29 heavy (non-hydrogen) atoms. The molecule has 1 fully saturated rings. The number of imidazole rings is 1. The lowest BCUT2D eigenvalue weighted by atomic mass is 10.1. The topological polar surface area (TPSA) is 124 Å². The first kappa shape index (κ1) is 18.9. The Kier molecular flexibility index (Phi) is 5.18. The molecule has 1 aliphatic heterocycles. The number of rotatable bonds is 6. The van der Waals surface area contributed by atoms with Gasteiger partial charge in [0.1, 0.15) is 11.3 Å². The Morgan fingerprint density at radius 2 is 2.03 bits per heavy atom. The Morgan fingerprint density at radius 1 is 1.24 bits per heavy atom. The largest absolute Gasteiger partial charge is 0.465 e. The van der Waals surface area contributed by atoms with Gasteiger partial charge in [0.2, 0.25) is 0 Å². The van der Waals surface area contributed by atoms with Crippen molar-refractivity contribution in [2.24, 2.45) is 5.73 Å². The third-order valence-electron chi connectivity index (χ3n) is 5.38. The van der Waals surface area contributed by atoms with Crippen LogP contribution in [-0.2, 0) is 6.54 Å².